The zero-order chi connectivity index (χ0) is 13.9. The quantitative estimate of drug-likeness (QED) is 0.890. The SMILES string of the molecule is CCn1ncnc1CC1(O)CCCC(CC(C)C)C1. The molecule has 2 unspecified atom stereocenters. The van der Waals surface area contributed by atoms with E-state index in [9.17, 15) is 5.11 Å². The van der Waals surface area contributed by atoms with Crippen molar-refractivity contribution in [3.05, 3.63) is 12.2 Å². The van der Waals surface area contributed by atoms with Crippen molar-refractivity contribution in [3.8, 4) is 0 Å². The first-order chi connectivity index (χ1) is 9.02. The molecule has 1 aromatic rings. The molecule has 0 aromatic carbocycles. The summed E-state index contributed by atoms with van der Waals surface area (Å²) in [6.45, 7) is 7.41. The van der Waals surface area contributed by atoms with Crippen molar-refractivity contribution in [2.24, 2.45) is 11.8 Å². The molecule has 0 aliphatic heterocycles. The minimum atomic E-state index is -0.572. The number of hydrogen-bond donors (Lipinski definition) is 1. The highest BCUT2D eigenvalue weighted by Crippen LogP contribution is 2.37. The van der Waals surface area contributed by atoms with Crippen molar-refractivity contribution in [2.45, 2.75) is 71.4 Å². The number of hydrogen-bond acceptors (Lipinski definition) is 3. The van der Waals surface area contributed by atoms with Crippen LogP contribution in [0.2, 0.25) is 0 Å². The second kappa shape index (κ2) is 6.04. The average Bonchev–Trinajstić information content (AvgIpc) is 2.74. The fraction of sp³-hybridized carbons (Fsp3) is 0.867. The van der Waals surface area contributed by atoms with Gasteiger partial charge < -0.3 is 5.11 Å². The van der Waals surface area contributed by atoms with Crippen LogP contribution in [-0.4, -0.2) is 25.5 Å². The van der Waals surface area contributed by atoms with E-state index >= 15 is 0 Å². The lowest BCUT2D eigenvalue weighted by atomic mass is 9.73. The van der Waals surface area contributed by atoms with Gasteiger partial charge in [0.1, 0.15) is 12.2 Å². The molecule has 0 radical (unpaired) electrons. The summed E-state index contributed by atoms with van der Waals surface area (Å²) in [6.07, 6.45) is 7.68. The first kappa shape index (κ1) is 14.5. The maximum absolute atomic E-state index is 10.9. The molecule has 4 heteroatoms. The van der Waals surface area contributed by atoms with Gasteiger partial charge in [0.05, 0.1) is 5.60 Å². The molecule has 4 nitrogen and oxygen atoms in total. The predicted octanol–water partition coefficient (Wildman–Crippen LogP) is 2.81. The monoisotopic (exact) mass is 265 g/mol. The van der Waals surface area contributed by atoms with E-state index in [2.05, 4.69) is 30.9 Å². The fourth-order valence-electron chi connectivity index (χ4n) is 3.47. The van der Waals surface area contributed by atoms with Gasteiger partial charge in [-0.1, -0.05) is 26.7 Å². The molecule has 0 saturated heterocycles. The molecule has 0 spiro atoms. The van der Waals surface area contributed by atoms with Gasteiger partial charge in [0, 0.05) is 13.0 Å². The Morgan fingerprint density at radius 1 is 1.53 bits per heavy atom. The van der Waals surface area contributed by atoms with Crippen LogP contribution in [0, 0.1) is 11.8 Å². The van der Waals surface area contributed by atoms with E-state index in [-0.39, 0.29) is 0 Å². The van der Waals surface area contributed by atoms with Gasteiger partial charge in [0.15, 0.2) is 0 Å². The van der Waals surface area contributed by atoms with Gasteiger partial charge in [0.25, 0.3) is 0 Å². The van der Waals surface area contributed by atoms with Crippen molar-refractivity contribution in [1.82, 2.24) is 14.8 Å². The van der Waals surface area contributed by atoms with Gasteiger partial charge in [-0.05, 0) is 38.0 Å². The maximum Gasteiger partial charge on any atom is 0.138 e. The molecule has 1 saturated carbocycles. The minimum absolute atomic E-state index is 0.572. The Balaban J connectivity index is 2.01. The number of nitrogens with zero attached hydrogens (tertiary/aromatic N) is 3. The Kier molecular flexibility index (Phi) is 4.61. The van der Waals surface area contributed by atoms with Crippen LogP contribution in [0.15, 0.2) is 6.33 Å². The summed E-state index contributed by atoms with van der Waals surface area (Å²) in [5, 5.41) is 15.1. The molecule has 2 rings (SSSR count). The smallest absolute Gasteiger partial charge is 0.138 e. The average molecular weight is 265 g/mol. The second-order valence-corrected chi connectivity index (χ2v) is 6.49. The number of aliphatic hydroxyl groups is 1. The van der Waals surface area contributed by atoms with Gasteiger partial charge >= 0.3 is 0 Å². The van der Waals surface area contributed by atoms with Crippen molar-refractivity contribution < 1.29 is 5.11 Å². The zero-order valence-corrected chi connectivity index (χ0v) is 12.5. The van der Waals surface area contributed by atoms with E-state index < -0.39 is 5.60 Å². The lowest BCUT2D eigenvalue weighted by Crippen LogP contribution is -2.38. The molecule has 1 aromatic heterocycles. The summed E-state index contributed by atoms with van der Waals surface area (Å²) in [5.41, 5.74) is -0.572. The van der Waals surface area contributed by atoms with Gasteiger partial charge in [-0.3, -0.25) is 4.68 Å². The fourth-order valence-corrected chi connectivity index (χ4v) is 3.47. The van der Waals surface area contributed by atoms with Crippen molar-refractivity contribution >= 4 is 0 Å². The van der Waals surface area contributed by atoms with Crippen LogP contribution in [0.4, 0.5) is 0 Å². The van der Waals surface area contributed by atoms with E-state index in [1.165, 1.54) is 12.8 Å². The first-order valence-corrected chi connectivity index (χ1v) is 7.61. The predicted molar refractivity (Wildman–Crippen MR) is 75.8 cm³/mol. The normalized spacial score (nSPS) is 27.9. The number of aryl methyl sites for hydroxylation is 1. The van der Waals surface area contributed by atoms with Crippen LogP contribution in [0.25, 0.3) is 0 Å². The molecular formula is C15H27N3O. The molecule has 0 bridgehead atoms. The van der Waals surface area contributed by atoms with Crippen LogP contribution in [0.3, 0.4) is 0 Å². The molecule has 108 valence electrons. The number of aromatic nitrogens is 3. The van der Waals surface area contributed by atoms with E-state index in [0.717, 1.165) is 31.6 Å². The van der Waals surface area contributed by atoms with E-state index in [1.54, 1.807) is 6.33 Å². The Labute approximate surface area is 116 Å². The van der Waals surface area contributed by atoms with E-state index in [1.807, 2.05) is 4.68 Å². The largest absolute Gasteiger partial charge is 0.389 e. The zero-order valence-electron chi connectivity index (χ0n) is 12.5. The second-order valence-electron chi connectivity index (χ2n) is 6.49. The third kappa shape index (κ3) is 3.78. The molecule has 1 aliphatic rings. The van der Waals surface area contributed by atoms with Crippen LogP contribution in [-0.2, 0) is 13.0 Å². The third-order valence-corrected chi connectivity index (χ3v) is 4.21. The summed E-state index contributed by atoms with van der Waals surface area (Å²) >= 11 is 0. The number of rotatable bonds is 5. The lowest BCUT2D eigenvalue weighted by molar-refractivity contribution is -0.0211. The van der Waals surface area contributed by atoms with Crippen molar-refractivity contribution in [1.29, 1.82) is 0 Å². The minimum Gasteiger partial charge on any atom is -0.389 e. The molecule has 1 heterocycles. The van der Waals surface area contributed by atoms with Gasteiger partial charge in [0.2, 0.25) is 0 Å². The van der Waals surface area contributed by atoms with E-state index in [4.69, 9.17) is 0 Å². The van der Waals surface area contributed by atoms with Gasteiger partial charge in [-0.15, -0.1) is 0 Å². The molecular weight excluding hydrogens is 238 g/mol. The Hall–Kier alpha value is -0.900. The standard InChI is InChI=1S/C15H27N3O/c1-4-18-14(16-11-17-18)10-15(19)7-5-6-13(9-15)8-12(2)3/h11-13,19H,4-10H2,1-3H3. The third-order valence-electron chi connectivity index (χ3n) is 4.21. The Morgan fingerprint density at radius 2 is 2.32 bits per heavy atom. The molecule has 2 atom stereocenters. The summed E-state index contributed by atoms with van der Waals surface area (Å²) in [7, 11) is 0. The summed E-state index contributed by atoms with van der Waals surface area (Å²) in [5.74, 6) is 2.30. The Bertz CT molecular complexity index is 402. The van der Waals surface area contributed by atoms with Crippen LogP contribution >= 0.6 is 0 Å². The summed E-state index contributed by atoms with van der Waals surface area (Å²) < 4.78 is 1.89. The van der Waals surface area contributed by atoms with E-state index in [0.29, 0.717) is 18.3 Å². The molecule has 19 heavy (non-hydrogen) atoms. The van der Waals surface area contributed by atoms with Crippen LogP contribution in [0.1, 0.15) is 58.7 Å². The highest BCUT2D eigenvalue weighted by molar-refractivity contribution is 4.97. The summed E-state index contributed by atoms with van der Waals surface area (Å²) in [6, 6.07) is 0. The molecule has 1 aliphatic carbocycles. The lowest BCUT2D eigenvalue weighted by Gasteiger charge is -2.37. The highest BCUT2D eigenvalue weighted by atomic mass is 16.3. The Morgan fingerprint density at radius 3 is 3.00 bits per heavy atom. The van der Waals surface area contributed by atoms with Crippen LogP contribution in [0.5, 0.6) is 0 Å². The highest BCUT2D eigenvalue weighted by Gasteiger charge is 2.35. The van der Waals surface area contributed by atoms with Crippen molar-refractivity contribution in [3.63, 3.8) is 0 Å². The molecule has 0 amide bonds. The van der Waals surface area contributed by atoms with Crippen LogP contribution < -0.4 is 0 Å². The van der Waals surface area contributed by atoms with Gasteiger partial charge in [-0.25, -0.2) is 4.98 Å². The molecule has 1 N–H and O–H groups in total. The maximum atomic E-state index is 10.9. The van der Waals surface area contributed by atoms with Crippen molar-refractivity contribution in [2.75, 3.05) is 0 Å². The summed E-state index contributed by atoms with van der Waals surface area (Å²) in [4.78, 5) is 4.30. The first-order valence-electron chi connectivity index (χ1n) is 7.61. The van der Waals surface area contributed by atoms with Gasteiger partial charge in [-0.2, -0.15) is 5.10 Å². The topological polar surface area (TPSA) is 50.9 Å². The molecule has 1 fully saturated rings.